The van der Waals surface area contributed by atoms with E-state index in [0.29, 0.717) is 24.3 Å². The summed E-state index contributed by atoms with van der Waals surface area (Å²) in [6.45, 7) is 6.15. The van der Waals surface area contributed by atoms with Crippen molar-refractivity contribution in [1.82, 2.24) is 19.9 Å². The smallest absolute Gasteiger partial charge is 0.232 e. The summed E-state index contributed by atoms with van der Waals surface area (Å²) in [5.74, 6) is 2.09. The number of hydrogen-bond donors (Lipinski definition) is 4. The van der Waals surface area contributed by atoms with Gasteiger partial charge in [0.1, 0.15) is 11.6 Å². The number of nitrogens with one attached hydrogen (secondary N) is 2. The Morgan fingerprint density at radius 2 is 1.39 bits per heavy atom. The molecular weight excluding hydrogens is 394 g/mol. The lowest BCUT2D eigenvalue weighted by atomic mass is 10.2. The van der Waals surface area contributed by atoms with Crippen molar-refractivity contribution in [3.05, 3.63) is 54.4 Å². The molecule has 3 aromatic rings. The summed E-state index contributed by atoms with van der Waals surface area (Å²) < 4.78 is 0. The largest absolute Gasteiger partial charge is 0.508 e. The van der Waals surface area contributed by atoms with Crippen LogP contribution in [0.15, 0.2) is 48.5 Å². The molecule has 0 radical (unpaired) electrons. The van der Waals surface area contributed by atoms with Gasteiger partial charge in [-0.25, -0.2) is 0 Å². The number of anilines is 5. The van der Waals surface area contributed by atoms with Gasteiger partial charge in [0.15, 0.2) is 0 Å². The first-order valence-corrected chi connectivity index (χ1v) is 10.3. The third-order valence-electron chi connectivity index (χ3n) is 5.10. The Labute approximate surface area is 181 Å². The number of rotatable bonds is 7. The SMILES string of the molecule is Cc1nc(Nc2ccc(Nc3ccc(O)cc3)cc2)nc(N2CCN(CCO)CC2)n1. The number of aromatic hydroxyl groups is 1. The van der Waals surface area contributed by atoms with Crippen molar-refractivity contribution in [3.63, 3.8) is 0 Å². The molecule has 1 fully saturated rings. The molecular formula is C22H27N7O2. The van der Waals surface area contributed by atoms with E-state index in [2.05, 4.69) is 35.4 Å². The molecule has 9 heteroatoms. The zero-order valence-corrected chi connectivity index (χ0v) is 17.5. The summed E-state index contributed by atoms with van der Waals surface area (Å²) >= 11 is 0. The van der Waals surface area contributed by atoms with E-state index in [4.69, 9.17) is 5.11 Å². The van der Waals surface area contributed by atoms with Crippen LogP contribution < -0.4 is 15.5 Å². The van der Waals surface area contributed by atoms with Crippen LogP contribution in [0.25, 0.3) is 0 Å². The van der Waals surface area contributed by atoms with Crippen LogP contribution in [0, 0.1) is 6.92 Å². The van der Waals surface area contributed by atoms with E-state index in [0.717, 1.165) is 43.2 Å². The molecule has 1 aliphatic heterocycles. The summed E-state index contributed by atoms with van der Waals surface area (Å²) in [5, 5.41) is 25.0. The van der Waals surface area contributed by atoms with E-state index in [1.807, 2.05) is 43.3 Å². The molecule has 0 saturated carbocycles. The minimum Gasteiger partial charge on any atom is -0.508 e. The van der Waals surface area contributed by atoms with Crippen molar-refractivity contribution in [3.8, 4) is 5.75 Å². The zero-order chi connectivity index (χ0) is 21.6. The van der Waals surface area contributed by atoms with Crippen LogP contribution in [0.2, 0.25) is 0 Å². The molecule has 0 amide bonds. The highest BCUT2D eigenvalue weighted by Crippen LogP contribution is 2.22. The number of aromatic nitrogens is 3. The average Bonchev–Trinajstić information content (AvgIpc) is 2.77. The molecule has 2 aromatic carbocycles. The summed E-state index contributed by atoms with van der Waals surface area (Å²) in [4.78, 5) is 17.9. The first-order valence-electron chi connectivity index (χ1n) is 10.3. The van der Waals surface area contributed by atoms with Crippen molar-refractivity contribution in [2.24, 2.45) is 0 Å². The maximum Gasteiger partial charge on any atom is 0.232 e. The van der Waals surface area contributed by atoms with E-state index < -0.39 is 0 Å². The van der Waals surface area contributed by atoms with Gasteiger partial charge < -0.3 is 25.7 Å². The number of benzene rings is 2. The number of phenolic OH excluding ortho intramolecular Hbond substituents is 1. The highest BCUT2D eigenvalue weighted by Gasteiger charge is 2.19. The minimum atomic E-state index is 0.183. The van der Waals surface area contributed by atoms with Crippen LogP contribution in [0.4, 0.5) is 29.0 Å². The Kier molecular flexibility index (Phi) is 6.44. The van der Waals surface area contributed by atoms with Gasteiger partial charge in [0.2, 0.25) is 11.9 Å². The molecule has 31 heavy (non-hydrogen) atoms. The van der Waals surface area contributed by atoms with Crippen LogP contribution >= 0.6 is 0 Å². The Bertz CT molecular complexity index is 988. The summed E-state index contributed by atoms with van der Waals surface area (Å²) in [5.41, 5.74) is 2.71. The summed E-state index contributed by atoms with van der Waals surface area (Å²) in [6, 6.07) is 14.8. The van der Waals surface area contributed by atoms with Crippen molar-refractivity contribution < 1.29 is 10.2 Å². The third-order valence-corrected chi connectivity index (χ3v) is 5.10. The Hall–Kier alpha value is -3.43. The zero-order valence-electron chi connectivity index (χ0n) is 17.5. The Balaban J connectivity index is 1.40. The topological polar surface area (TPSA) is 110 Å². The number of phenols is 1. The second-order valence-corrected chi connectivity index (χ2v) is 7.43. The maximum atomic E-state index is 9.39. The Morgan fingerprint density at radius 3 is 2.00 bits per heavy atom. The number of aliphatic hydroxyl groups is 1. The molecule has 162 valence electrons. The molecule has 0 atom stereocenters. The number of aliphatic hydroxyl groups excluding tert-OH is 1. The molecule has 0 unspecified atom stereocenters. The van der Waals surface area contributed by atoms with Gasteiger partial charge in [-0.2, -0.15) is 15.0 Å². The maximum absolute atomic E-state index is 9.39. The number of β-amino-alcohol motifs (C(OH)–C–C–N with tert-alkyl or cyclic N) is 1. The monoisotopic (exact) mass is 421 g/mol. The van der Waals surface area contributed by atoms with E-state index in [-0.39, 0.29) is 12.4 Å². The van der Waals surface area contributed by atoms with E-state index in [9.17, 15) is 5.11 Å². The lowest BCUT2D eigenvalue weighted by molar-refractivity contribution is 0.188. The van der Waals surface area contributed by atoms with Gasteiger partial charge in [-0.15, -0.1) is 0 Å². The lowest BCUT2D eigenvalue weighted by Crippen LogP contribution is -2.47. The van der Waals surface area contributed by atoms with Crippen LogP contribution in [0.1, 0.15) is 5.82 Å². The molecule has 9 nitrogen and oxygen atoms in total. The number of nitrogens with zero attached hydrogens (tertiary/aromatic N) is 5. The molecule has 4 N–H and O–H groups in total. The predicted molar refractivity (Wildman–Crippen MR) is 121 cm³/mol. The second kappa shape index (κ2) is 9.59. The molecule has 0 spiro atoms. The van der Waals surface area contributed by atoms with Gasteiger partial charge in [0.05, 0.1) is 6.61 Å². The van der Waals surface area contributed by atoms with Crippen LogP contribution in [-0.2, 0) is 0 Å². The first-order chi connectivity index (χ1) is 15.1. The van der Waals surface area contributed by atoms with Crippen LogP contribution in [0.3, 0.4) is 0 Å². The minimum absolute atomic E-state index is 0.183. The standard InChI is InChI=1S/C22H27N7O2/c1-16-23-21(27-22(24-16)29-12-10-28(11-13-29)14-15-30)26-19-4-2-17(3-5-19)25-18-6-8-20(31)9-7-18/h2-9,25,30-31H,10-15H2,1H3,(H,23,24,26,27). The van der Waals surface area contributed by atoms with Gasteiger partial charge in [-0.05, 0) is 55.5 Å². The fourth-order valence-electron chi connectivity index (χ4n) is 3.46. The molecule has 4 rings (SSSR count). The lowest BCUT2D eigenvalue weighted by Gasteiger charge is -2.34. The van der Waals surface area contributed by atoms with Crippen molar-refractivity contribution in [2.45, 2.75) is 6.92 Å². The number of hydrogen-bond acceptors (Lipinski definition) is 9. The van der Waals surface area contributed by atoms with E-state index >= 15 is 0 Å². The van der Waals surface area contributed by atoms with Crippen LogP contribution in [0.5, 0.6) is 5.75 Å². The van der Waals surface area contributed by atoms with Crippen LogP contribution in [-0.4, -0.2) is 69.4 Å². The van der Waals surface area contributed by atoms with Gasteiger partial charge >= 0.3 is 0 Å². The Morgan fingerprint density at radius 1 is 0.806 bits per heavy atom. The second-order valence-electron chi connectivity index (χ2n) is 7.43. The highest BCUT2D eigenvalue weighted by atomic mass is 16.3. The summed E-state index contributed by atoms with van der Waals surface area (Å²) in [6.07, 6.45) is 0. The highest BCUT2D eigenvalue weighted by molar-refractivity contribution is 5.64. The molecule has 2 heterocycles. The van der Waals surface area contributed by atoms with Crippen molar-refractivity contribution >= 4 is 29.0 Å². The molecule has 0 aliphatic carbocycles. The van der Waals surface area contributed by atoms with E-state index in [1.54, 1.807) is 12.1 Å². The number of aryl methyl sites for hydroxylation is 1. The summed E-state index contributed by atoms with van der Waals surface area (Å²) in [7, 11) is 0. The third kappa shape index (κ3) is 5.59. The van der Waals surface area contributed by atoms with Gasteiger partial charge in [0, 0.05) is 49.8 Å². The quantitative estimate of drug-likeness (QED) is 0.428. The molecule has 1 aliphatic rings. The number of piperazine rings is 1. The van der Waals surface area contributed by atoms with E-state index in [1.165, 1.54) is 0 Å². The molecule has 0 bridgehead atoms. The van der Waals surface area contributed by atoms with Gasteiger partial charge in [-0.3, -0.25) is 4.90 Å². The van der Waals surface area contributed by atoms with Gasteiger partial charge in [-0.1, -0.05) is 0 Å². The molecule has 1 aromatic heterocycles. The molecule has 1 saturated heterocycles. The fourth-order valence-corrected chi connectivity index (χ4v) is 3.46. The first kappa shape index (κ1) is 20.8. The average molecular weight is 422 g/mol. The normalized spacial score (nSPS) is 14.5. The van der Waals surface area contributed by atoms with Crippen molar-refractivity contribution in [2.75, 3.05) is 54.9 Å². The van der Waals surface area contributed by atoms with Crippen molar-refractivity contribution in [1.29, 1.82) is 0 Å². The predicted octanol–water partition coefficient (Wildman–Crippen LogP) is 2.49. The fraction of sp³-hybridized carbons (Fsp3) is 0.318. The van der Waals surface area contributed by atoms with Gasteiger partial charge in [0.25, 0.3) is 0 Å².